The van der Waals surface area contributed by atoms with Gasteiger partial charge in [-0.25, -0.2) is 0 Å². The Balaban J connectivity index is 3.41. The van der Waals surface area contributed by atoms with Crippen molar-refractivity contribution in [3.8, 4) is 0 Å². The zero-order valence-corrected chi connectivity index (χ0v) is 10.4. The molecule has 0 radical (unpaired) electrons. The molecule has 0 atom stereocenters. The predicted octanol–water partition coefficient (Wildman–Crippen LogP) is 4.96. The summed E-state index contributed by atoms with van der Waals surface area (Å²) < 4.78 is 37.6. The number of alkyl halides is 3. The van der Waals surface area contributed by atoms with Crippen molar-refractivity contribution in [2.75, 3.05) is 0 Å². The van der Waals surface area contributed by atoms with E-state index in [2.05, 4.69) is 0 Å². The number of rotatable bonds is 0. The highest BCUT2D eigenvalue weighted by molar-refractivity contribution is 6.31. The molecular weight excluding hydrogens is 237 g/mol. The topological polar surface area (TPSA) is 0 Å². The Morgan fingerprint density at radius 1 is 1.06 bits per heavy atom. The zero-order chi connectivity index (χ0) is 12.7. The van der Waals surface area contributed by atoms with Crippen LogP contribution < -0.4 is 0 Å². The Morgan fingerprint density at radius 2 is 1.56 bits per heavy atom. The Morgan fingerprint density at radius 3 is 1.88 bits per heavy atom. The van der Waals surface area contributed by atoms with Gasteiger partial charge >= 0.3 is 6.18 Å². The normalized spacial score (nSPS) is 13.0. The van der Waals surface area contributed by atoms with Gasteiger partial charge < -0.3 is 0 Å². The second-order valence-electron chi connectivity index (χ2n) is 4.90. The molecule has 0 amide bonds. The van der Waals surface area contributed by atoms with E-state index in [4.69, 9.17) is 11.6 Å². The summed E-state index contributed by atoms with van der Waals surface area (Å²) in [5.41, 5.74) is 0.392. The fourth-order valence-electron chi connectivity index (χ4n) is 1.86. The van der Waals surface area contributed by atoms with Crippen molar-refractivity contribution in [1.82, 2.24) is 0 Å². The lowest BCUT2D eigenvalue weighted by atomic mass is 9.83. The van der Waals surface area contributed by atoms with E-state index < -0.39 is 11.7 Å². The van der Waals surface area contributed by atoms with Gasteiger partial charge in [-0.3, -0.25) is 0 Å². The first-order valence-electron chi connectivity index (χ1n) is 4.91. The minimum atomic E-state index is -4.34. The van der Waals surface area contributed by atoms with Gasteiger partial charge in [0.15, 0.2) is 0 Å². The van der Waals surface area contributed by atoms with E-state index in [-0.39, 0.29) is 10.4 Å². The number of aryl methyl sites for hydroxylation is 1. The first kappa shape index (κ1) is 13.4. The molecule has 0 aliphatic carbocycles. The van der Waals surface area contributed by atoms with Crippen molar-refractivity contribution in [3.63, 3.8) is 0 Å². The minimum Gasteiger partial charge on any atom is -0.166 e. The Labute approximate surface area is 98.4 Å². The highest BCUT2D eigenvalue weighted by Crippen LogP contribution is 2.38. The van der Waals surface area contributed by atoms with Gasteiger partial charge in [0.2, 0.25) is 0 Å². The molecule has 0 aliphatic heterocycles. The third-order valence-electron chi connectivity index (χ3n) is 2.36. The molecule has 0 aromatic heterocycles. The molecule has 0 fully saturated rings. The van der Waals surface area contributed by atoms with E-state index >= 15 is 0 Å². The van der Waals surface area contributed by atoms with E-state index in [1.54, 1.807) is 6.92 Å². The summed E-state index contributed by atoms with van der Waals surface area (Å²) in [5.74, 6) is 0. The molecule has 1 aromatic carbocycles. The molecule has 0 nitrogen and oxygen atoms in total. The van der Waals surface area contributed by atoms with Crippen LogP contribution in [0, 0.1) is 6.92 Å². The molecule has 16 heavy (non-hydrogen) atoms. The molecule has 1 rings (SSSR count). The van der Waals surface area contributed by atoms with Gasteiger partial charge in [0.25, 0.3) is 0 Å². The van der Waals surface area contributed by atoms with Gasteiger partial charge in [-0.05, 0) is 35.6 Å². The van der Waals surface area contributed by atoms with Crippen LogP contribution in [0.3, 0.4) is 0 Å². The van der Waals surface area contributed by atoms with Gasteiger partial charge in [0, 0.05) is 5.02 Å². The van der Waals surface area contributed by atoms with Gasteiger partial charge in [0.1, 0.15) is 0 Å². The van der Waals surface area contributed by atoms with E-state index in [0.29, 0.717) is 5.56 Å². The van der Waals surface area contributed by atoms with Crippen LogP contribution >= 0.6 is 11.6 Å². The lowest BCUT2D eigenvalue weighted by molar-refractivity contribution is -0.137. The van der Waals surface area contributed by atoms with Crippen molar-refractivity contribution in [3.05, 3.63) is 33.8 Å². The minimum absolute atomic E-state index is 0.180. The number of benzene rings is 1. The molecule has 0 bridgehead atoms. The summed E-state index contributed by atoms with van der Waals surface area (Å²) in [6.45, 7) is 7.43. The fraction of sp³-hybridized carbons (Fsp3) is 0.500. The van der Waals surface area contributed by atoms with Crippen molar-refractivity contribution >= 4 is 11.6 Å². The van der Waals surface area contributed by atoms with Gasteiger partial charge in [0.05, 0.1) is 5.56 Å². The van der Waals surface area contributed by atoms with Crippen LogP contribution in [0.4, 0.5) is 13.2 Å². The first-order valence-corrected chi connectivity index (χ1v) is 5.29. The summed E-state index contributed by atoms with van der Waals surface area (Å²) >= 11 is 5.93. The van der Waals surface area contributed by atoms with Crippen LogP contribution in [0.5, 0.6) is 0 Å². The fourth-order valence-corrected chi connectivity index (χ4v) is 2.41. The van der Waals surface area contributed by atoms with E-state index in [1.807, 2.05) is 20.8 Å². The average molecular weight is 251 g/mol. The second-order valence-corrected chi connectivity index (χ2v) is 5.30. The molecule has 0 spiro atoms. The Hall–Kier alpha value is -0.700. The van der Waals surface area contributed by atoms with Crippen LogP contribution in [0.15, 0.2) is 12.1 Å². The van der Waals surface area contributed by atoms with E-state index in [0.717, 1.165) is 17.7 Å². The summed E-state index contributed by atoms with van der Waals surface area (Å²) in [4.78, 5) is 0. The smallest absolute Gasteiger partial charge is 0.166 e. The summed E-state index contributed by atoms with van der Waals surface area (Å²) in [7, 11) is 0. The number of hydrogen-bond acceptors (Lipinski definition) is 0. The van der Waals surface area contributed by atoms with Crippen LogP contribution in [-0.2, 0) is 11.6 Å². The monoisotopic (exact) mass is 250 g/mol. The van der Waals surface area contributed by atoms with Crippen LogP contribution in [0.25, 0.3) is 0 Å². The predicted molar refractivity (Wildman–Crippen MR) is 59.9 cm³/mol. The number of halogens is 4. The van der Waals surface area contributed by atoms with Crippen LogP contribution in [0.2, 0.25) is 5.02 Å². The third-order valence-corrected chi connectivity index (χ3v) is 2.66. The summed E-state index contributed by atoms with van der Waals surface area (Å²) in [5, 5.41) is 0.180. The van der Waals surface area contributed by atoms with Crippen molar-refractivity contribution in [1.29, 1.82) is 0 Å². The maximum Gasteiger partial charge on any atom is 0.416 e. The summed E-state index contributed by atoms with van der Waals surface area (Å²) in [6.07, 6.45) is -4.34. The Bertz CT molecular complexity index is 377. The molecule has 0 N–H and O–H groups in total. The van der Waals surface area contributed by atoms with Gasteiger partial charge in [-0.2, -0.15) is 13.2 Å². The summed E-state index contributed by atoms with van der Waals surface area (Å²) in [6, 6.07) is 2.14. The first-order chi connectivity index (χ1) is 7.03. The molecule has 1 aromatic rings. The third kappa shape index (κ3) is 2.70. The highest BCUT2D eigenvalue weighted by atomic mass is 35.5. The molecular formula is C12H14ClF3. The largest absolute Gasteiger partial charge is 0.416 e. The maximum atomic E-state index is 12.5. The molecule has 0 saturated carbocycles. The molecule has 0 saturated heterocycles. The second kappa shape index (κ2) is 3.95. The SMILES string of the molecule is Cc1cc(C(F)(F)F)cc(Cl)c1C(C)(C)C. The molecule has 0 aliphatic rings. The zero-order valence-electron chi connectivity index (χ0n) is 9.67. The molecule has 0 heterocycles. The lowest BCUT2D eigenvalue weighted by Crippen LogP contribution is -2.15. The average Bonchev–Trinajstić information content (AvgIpc) is 1.97. The molecule has 4 heteroatoms. The Kier molecular flexibility index (Phi) is 3.30. The van der Waals surface area contributed by atoms with Crippen molar-refractivity contribution in [2.45, 2.75) is 39.3 Å². The molecule has 0 unspecified atom stereocenters. The van der Waals surface area contributed by atoms with Crippen LogP contribution in [-0.4, -0.2) is 0 Å². The maximum absolute atomic E-state index is 12.5. The van der Waals surface area contributed by atoms with Crippen molar-refractivity contribution in [2.24, 2.45) is 0 Å². The standard InChI is InChI=1S/C12H14ClF3/c1-7-5-8(12(14,15)16)6-9(13)10(7)11(2,3)4/h5-6H,1-4H3. The van der Waals surface area contributed by atoms with Gasteiger partial charge in [-0.1, -0.05) is 32.4 Å². The number of hydrogen-bond donors (Lipinski definition) is 0. The van der Waals surface area contributed by atoms with E-state index in [9.17, 15) is 13.2 Å². The highest BCUT2D eigenvalue weighted by Gasteiger charge is 2.32. The van der Waals surface area contributed by atoms with Gasteiger partial charge in [-0.15, -0.1) is 0 Å². The van der Waals surface area contributed by atoms with Crippen molar-refractivity contribution < 1.29 is 13.2 Å². The van der Waals surface area contributed by atoms with E-state index in [1.165, 1.54) is 0 Å². The molecule has 90 valence electrons. The quantitative estimate of drug-likeness (QED) is 0.610. The lowest BCUT2D eigenvalue weighted by Gasteiger charge is -2.24. The van der Waals surface area contributed by atoms with Crippen LogP contribution in [0.1, 0.15) is 37.5 Å².